The Morgan fingerprint density at radius 1 is 0.971 bits per heavy atom. The molecule has 1 fully saturated rings. The van der Waals surface area contributed by atoms with Crippen LogP contribution in [0.3, 0.4) is 0 Å². The van der Waals surface area contributed by atoms with Crippen molar-refractivity contribution in [3.63, 3.8) is 0 Å². The monoisotopic (exact) mass is 473 g/mol. The summed E-state index contributed by atoms with van der Waals surface area (Å²) >= 11 is 0. The molecule has 3 N–H and O–H groups in total. The molecular formula is C28H27NO6. The van der Waals surface area contributed by atoms with Crippen LogP contribution in [0.15, 0.2) is 66.2 Å². The summed E-state index contributed by atoms with van der Waals surface area (Å²) in [6.45, 7) is 5.77. The Balaban J connectivity index is 1.97. The first-order valence-corrected chi connectivity index (χ1v) is 11.2. The number of methoxy groups -OCH3 is 1. The van der Waals surface area contributed by atoms with E-state index < -0.39 is 17.7 Å². The molecule has 0 saturated carbocycles. The summed E-state index contributed by atoms with van der Waals surface area (Å²) in [5.41, 5.74) is 2.51. The topological polar surface area (TPSA) is 107 Å². The Kier molecular flexibility index (Phi) is 6.26. The van der Waals surface area contributed by atoms with Gasteiger partial charge in [0.15, 0.2) is 0 Å². The molecule has 3 aromatic carbocycles. The van der Waals surface area contributed by atoms with Gasteiger partial charge in [0.2, 0.25) is 0 Å². The molecule has 7 heteroatoms. The number of amides is 1. The van der Waals surface area contributed by atoms with Crippen molar-refractivity contribution >= 4 is 23.1 Å². The van der Waals surface area contributed by atoms with E-state index in [1.807, 2.05) is 13.8 Å². The van der Waals surface area contributed by atoms with E-state index in [4.69, 9.17) is 4.74 Å². The molecule has 1 atom stereocenters. The van der Waals surface area contributed by atoms with Crippen molar-refractivity contribution in [1.29, 1.82) is 0 Å². The Morgan fingerprint density at radius 3 is 2.29 bits per heavy atom. The molecule has 1 saturated heterocycles. The highest BCUT2D eigenvalue weighted by atomic mass is 16.5. The predicted molar refractivity (Wildman–Crippen MR) is 133 cm³/mol. The third-order valence-electron chi connectivity index (χ3n) is 6.17. The number of hydrogen-bond acceptors (Lipinski definition) is 6. The summed E-state index contributed by atoms with van der Waals surface area (Å²) in [5, 5.41) is 31.7. The number of aliphatic hydroxyl groups is 1. The summed E-state index contributed by atoms with van der Waals surface area (Å²) in [6, 6.07) is 14.8. The molecule has 0 radical (unpaired) electrons. The molecule has 1 aliphatic rings. The first kappa shape index (κ1) is 23.9. The molecule has 3 aromatic rings. The number of ketones is 1. The van der Waals surface area contributed by atoms with Crippen molar-refractivity contribution in [3.05, 3.63) is 88.5 Å². The highest BCUT2D eigenvalue weighted by Crippen LogP contribution is 2.45. The van der Waals surface area contributed by atoms with Crippen LogP contribution in [0.1, 0.15) is 48.1 Å². The first-order chi connectivity index (χ1) is 16.6. The maximum atomic E-state index is 13.3. The first-order valence-electron chi connectivity index (χ1n) is 11.2. The van der Waals surface area contributed by atoms with Gasteiger partial charge in [0.25, 0.3) is 11.7 Å². The summed E-state index contributed by atoms with van der Waals surface area (Å²) in [4.78, 5) is 27.8. The Hall–Kier alpha value is -4.26. The molecule has 0 aliphatic carbocycles. The number of benzene rings is 3. The van der Waals surface area contributed by atoms with Crippen LogP contribution in [0.2, 0.25) is 0 Å². The number of carbonyl (C=O) groups excluding carboxylic acids is 2. The fourth-order valence-electron chi connectivity index (χ4n) is 4.37. The molecule has 1 amide bonds. The minimum Gasteiger partial charge on any atom is -0.508 e. The number of nitrogens with zero attached hydrogens (tertiary/aromatic N) is 1. The van der Waals surface area contributed by atoms with Crippen molar-refractivity contribution in [2.24, 2.45) is 0 Å². The molecule has 7 nitrogen and oxygen atoms in total. The minimum atomic E-state index is -1.02. The van der Waals surface area contributed by atoms with Crippen LogP contribution in [-0.2, 0) is 9.59 Å². The zero-order valence-corrected chi connectivity index (χ0v) is 19.9. The van der Waals surface area contributed by atoms with Gasteiger partial charge in [-0.1, -0.05) is 32.0 Å². The molecule has 0 spiro atoms. The average molecular weight is 474 g/mol. The van der Waals surface area contributed by atoms with Gasteiger partial charge < -0.3 is 20.1 Å². The van der Waals surface area contributed by atoms with Crippen LogP contribution in [0.5, 0.6) is 17.2 Å². The van der Waals surface area contributed by atoms with Gasteiger partial charge in [0.1, 0.15) is 23.0 Å². The van der Waals surface area contributed by atoms with Gasteiger partial charge in [-0.3, -0.25) is 14.5 Å². The molecule has 0 bridgehead atoms. The number of aryl methyl sites for hydroxylation is 1. The van der Waals surface area contributed by atoms with Crippen LogP contribution in [-0.4, -0.2) is 34.1 Å². The number of ether oxygens (including phenoxy) is 1. The van der Waals surface area contributed by atoms with Crippen LogP contribution in [0.4, 0.5) is 5.69 Å². The number of phenolic OH excluding ortho intramolecular Hbond substituents is 2. The van der Waals surface area contributed by atoms with Gasteiger partial charge in [-0.15, -0.1) is 0 Å². The third-order valence-corrected chi connectivity index (χ3v) is 6.17. The number of rotatable bonds is 5. The minimum absolute atomic E-state index is 0.0147. The normalized spacial score (nSPS) is 17.3. The van der Waals surface area contributed by atoms with Crippen LogP contribution < -0.4 is 9.64 Å². The number of carbonyl (C=O) groups is 2. The van der Waals surface area contributed by atoms with Gasteiger partial charge in [-0.05, 0) is 72.0 Å². The van der Waals surface area contributed by atoms with Crippen molar-refractivity contribution in [1.82, 2.24) is 0 Å². The Labute approximate surface area is 203 Å². The van der Waals surface area contributed by atoms with E-state index in [2.05, 4.69) is 0 Å². The van der Waals surface area contributed by atoms with Gasteiger partial charge in [-0.25, -0.2) is 0 Å². The van der Waals surface area contributed by atoms with Crippen LogP contribution in [0, 0.1) is 6.92 Å². The number of aromatic hydroxyl groups is 2. The van der Waals surface area contributed by atoms with Crippen molar-refractivity contribution in [3.8, 4) is 17.2 Å². The second-order valence-corrected chi connectivity index (χ2v) is 8.86. The molecule has 1 heterocycles. The maximum Gasteiger partial charge on any atom is 0.300 e. The summed E-state index contributed by atoms with van der Waals surface area (Å²) in [5.74, 6) is -1.50. The SMILES string of the molecule is COc1ccc(/C(O)=C2/C(=O)C(=O)N(c3cc(C)ccc3O)C2c2ccc(O)cc2)cc1C(C)C. The Bertz CT molecular complexity index is 1340. The summed E-state index contributed by atoms with van der Waals surface area (Å²) in [7, 11) is 1.56. The van der Waals surface area contributed by atoms with Gasteiger partial charge in [0, 0.05) is 5.56 Å². The fourth-order valence-corrected chi connectivity index (χ4v) is 4.37. The fraction of sp³-hybridized carbons (Fsp3) is 0.214. The number of anilines is 1. The Morgan fingerprint density at radius 2 is 1.66 bits per heavy atom. The number of phenols is 2. The van der Waals surface area contributed by atoms with E-state index in [9.17, 15) is 24.9 Å². The number of Topliss-reactive ketones (excluding diaryl/α,β-unsaturated/α-hetero) is 1. The highest BCUT2D eigenvalue weighted by molar-refractivity contribution is 6.52. The lowest BCUT2D eigenvalue weighted by Gasteiger charge is -2.26. The molecule has 180 valence electrons. The van der Waals surface area contributed by atoms with Gasteiger partial charge in [0.05, 0.1) is 24.4 Å². The van der Waals surface area contributed by atoms with Crippen molar-refractivity contribution in [2.45, 2.75) is 32.7 Å². The lowest BCUT2D eigenvalue weighted by molar-refractivity contribution is -0.132. The molecule has 0 aromatic heterocycles. The lowest BCUT2D eigenvalue weighted by atomic mass is 9.93. The quantitative estimate of drug-likeness (QED) is 0.268. The van der Waals surface area contributed by atoms with E-state index in [-0.39, 0.29) is 34.4 Å². The molecule has 35 heavy (non-hydrogen) atoms. The van der Waals surface area contributed by atoms with E-state index in [1.54, 1.807) is 56.5 Å². The van der Waals surface area contributed by atoms with E-state index in [0.29, 0.717) is 16.9 Å². The largest absolute Gasteiger partial charge is 0.508 e. The van der Waals surface area contributed by atoms with Gasteiger partial charge >= 0.3 is 0 Å². The third kappa shape index (κ3) is 4.21. The zero-order chi connectivity index (χ0) is 25.4. The van der Waals surface area contributed by atoms with Crippen molar-refractivity contribution in [2.75, 3.05) is 12.0 Å². The second kappa shape index (κ2) is 9.18. The molecule has 1 unspecified atom stereocenters. The predicted octanol–water partition coefficient (Wildman–Crippen LogP) is 5.16. The van der Waals surface area contributed by atoms with Crippen LogP contribution >= 0.6 is 0 Å². The maximum absolute atomic E-state index is 13.3. The van der Waals surface area contributed by atoms with Crippen LogP contribution in [0.25, 0.3) is 5.76 Å². The van der Waals surface area contributed by atoms with Gasteiger partial charge in [-0.2, -0.15) is 0 Å². The standard InChI is InChI=1S/C28H27NO6/c1-15(2)20-14-18(8-12-23(20)35-4)26(32)24-25(17-6-9-19(30)10-7-17)29(28(34)27(24)33)21-13-16(3)5-11-22(21)31/h5-15,25,30-32H,1-4H3/b26-24-. The molecule has 1 aliphatic heterocycles. The average Bonchev–Trinajstić information content (AvgIpc) is 3.10. The summed E-state index contributed by atoms with van der Waals surface area (Å²) < 4.78 is 5.43. The highest BCUT2D eigenvalue weighted by Gasteiger charge is 2.47. The summed E-state index contributed by atoms with van der Waals surface area (Å²) in [6.07, 6.45) is 0. The smallest absolute Gasteiger partial charge is 0.300 e. The lowest BCUT2D eigenvalue weighted by Crippen LogP contribution is -2.29. The van der Waals surface area contributed by atoms with E-state index in [1.165, 1.54) is 23.1 Å². The number of aliphatic hydroxyl groups excluding tert-OH is 1. The van der Waals surface area contributed by atoms with Crippen molar-refractivity contribution < 1.29 is 29.6 Å². The molecular weight excluding hydrogens is 446 g/mol. The van der Waals surface area contributed by atoms with E-state index >= 15 is 0 Å². The number of hydrogen-bond donors (Lipinski definition) is 3. The zero-order valence-electron chi connectivity index (χ0n) is 19.9. The van der Waals surface area contributed by atoms with E-state index in [0.717, 1.165) is 11.1 Å². The second-order valence-electron chi connectivity index (χ2n) is 8.86. The molecule has 4 rings (SSSR count).